The van der Waals surface area contributed by atoms with Crippen LogP contribution in [-0.4, -0.2) is 17.0 Å². The fourth-order valence-corrected chi connectivity index (χ4v) is 2.84. The highest BCUT2D eigenvalue weighted by molar-refractivity contribution is 8.00. The second kappa shape index (κ2) is 4.59. The zero-order chi connectivity index (χ0) is 11.8. The SMILES string of the molecule is CC(C)(CO)c1ccc(SC2CC2)c(Cl)c1. The summed E-state index contributed by atoms with van der Waals surface area (Å²) in [7, 11) is 0. The first-order chi connectivity index (χ1) is 7.53. The molecular weight excluding hydrogens is 240 g/mol. The van der Waals surface area contributed by atoms with E-state index in [2.05, 4.69) is 12.1 Å². The summed E-state index contributed by atoms with van der Waals surface area (Å²) in [6, 6.07) is 6.15. The molecule has 1 aromatic rings. The van der Waals surface area contributed by atoms with Gasteiger partial charge >= 0.3 is 0 Å². The normalized spacial score (nSPS) is 16.5. The van der Waals surface area contributed by atoms with Crippen LogP contribution < -0.4 is 0 Å². The van der Waals surface area contributed by atoms with Crippen molar-refractivity contribution in [3.05, 3.63) is 28.8 Å². The number of rotatable bonds is 4. The lowest BCUT2D eigenvalue weighted by molar-refractivity contribution is 0.218. The van der Waals surface area contributed by atoms with Crippen molar-refractivity contribution in [2.45, 2.75) is 42.2 Å². The van der Waals surface area contributed by atoms with E-state index in [-0.39, 0.29) is 12.0 Å². The van der Waals surface area contributed by atoms with Crippen molar-refractivity contribution < 1.29 is 5.11 Å². The summed E-state index contributed by atoms with van der Waals surface area (Å²) in [5.74, 6) is 0. The summed E-state index contributed by atoms with van der Waals surface area (Å²) >= 11 is 8.13. The van der Waals surface area contributed by atoms with Crippen LogP contribution in [0, 0.1) is 0 Å². The van der Waals surface area contributed by atoms with Gasteiger partial charge in [-0.05, 0) is 30.5 Å². The summed E-state index contributed by atoms with van der Waals surface area (Å²) in [6.07, 6.45) is 2.62. The monoisotopic (exact) mass is 256 g/mol. The molecule has 1 N–H and O–H groups in total. The minimum absolute atomic E-state index is 0.137. The van der Waals surface area contributed by atoms with Gasteiger partial charge in [0, 0.05) is 15.6 Å². The lowest BCUT2D eigenvalue weighted by atomic mass is 9.86. The Labute approximate surface area is 106 Å². The molecule has 0 bridgehead atoms. The molecule has 1 nitrogen and oxygen atoms in total. The van der Waals surface area contributed by atoms with Gasteiger partial charge in [0.2, 0.25) is 0 Å². The number of aliphatic hydroxyl groups excluding tert-OH is 1. The van der Waals surface area contributed by atoms with E-state index in [0.29, 0.717) is 0 Å². The number of hydrogen-bond donors (Lipinski definition) is 1. The summed E-state index contributed by atoms with van der Waals surface area (Å²) in [5, 5.41) is 10.9. The Kier molecular flexibility index (Phi) is 3.53. The van der Waals surface area contributed by atoms with Crippen molar-refractivity contribution in [2.24, 2.45) is 0 Å². The third-order valence-electron chi connectivity index (χ3n) is 2.93. The van der Waals surface area contributed by atoms with Gasteiger partial charge in [0.15, 0.2) is 0 Å². The van der Waals surface area contributed by atoms with E-state index in [9.17, 15) is 5.11 Å². The van der Waals surface area contributed by atoms with E-state index in [1.165, 1.54) is 17.7 Å². The molecule has 0 atom stereocenters. The highest BCUT2D eigenvalue weighted by Gasteiger charge is 2.25. The minimum Gasteiger partial charge on any atom is -0.395 e. The van der Waals surface area contributed by atoms with Crippen LogP contribution in [0.15, 0.2) is 23.1 Å². The first-order valence-electron chi connectivity index (χ1n) is 5.60. The van der Waals surface area contributed by atoms with Crippen LogP contribution in [0.5, 0.6) is 0 Å². The van der Waals surface area contributed by atoms with Gasteiger partial charge in [0.05, 0.1) is 11.6 Å². The van der Waals surface area contributed by atoms with E-state index < -0.39 is 0 Å². The maximum Gasteiger partial charge on any atom is 0.0544 e. The second-order valence-corrected chi connectivity index (χ2v) is 6.75. The third-order valence-corrected chi connectivity index (χ3v) is 4.77. The number of halogens is 1. The Bertz CT molecular complexity index is 386. The maximum atomic E-state index is 9.31. The number of hydrogen-bond acceptors (Lipinski definition) is 2. The van der Waals surface area contributed by atoms with Crippen molar-refractivity contribution in [3.63, 3.8) is 0 Å². The largest absolute Gasteiger partial charge is 0.395 e. The Balaban J connectivity index is 2.21. The predicted molar refractivity (Wildman–Crippen MR) is 70.4 cm³/mol. The molecule has 16 heavy (non-hydrogen) atoms. The highest BCUT2D eigenvalue weighted by atomic mass is 35.5. The maximum absolute atomic E-state index is 9.31. The van der Waals surface area contributed by atoms with Gasteiger partial charge in [-0.1, -0.05) is 31.5 Å². The average Bonchev–Trinajstić information content (AvgIpc) is 3.05. The molecule has 0 spiro atoms. The molecule has 2 rings (SSSR count). The lowest BCUT2D eigenvalue weighted by Gasteiger charge is -2.22. The molecule has 3 heteroatoms. The zero-order valence-corrected chi connectivity index (χ0v) is 11.2. The molecule has 1 aliphatic rings. The van der Waals surface area contributed by atoms with E-state index >= 15 is 0 Å². The first-order valence-corrected chi connectivity index (χ1v) is 6.86. The average molecular weight is 257 g/mol. The Hall–Kier alpha value is -0.180. The summed E-state index contributed by atoms with van der Waals surface area (Å²) in [6.45, 7) is 4.18. The molecule has 0 heterocycles. The number of thioether (sulfide) groups is 1. The van der Waals surface area contributed by atoms with E-state index in [4.69, 9.17) is 11.6 Å². The smallest absolute Gasteiger partial charge is 0.0544 e. The molecule has 0 saturated heterocycles. The van der Waals surface area contributed by atoms with Gasteiger partial charge in [-0.2, -0.15) is 0 Å². The number of benzene rings is 1. The van der Waals surface area contributed by atoms with E-state index in [1.54, 1.807) is 0 Å². The van der Waals surface area contributed by atoms with Crippen molar-refractivity contribution in [3.8, 4) is 0 Å². The van der Waals surface area contributed by atoms with Gasteiger partial charge in [-0.15, -0.1) is 11.8 Å². The lowest BCUT2D eigenvalue weighted by Crippen LogP contribution is -2.21. The highest BCUT2D eigenvalue weighted by Crippen LogP contribution is 2.42. The fourth-order valence-electron chi connectivity index (χ4n) is 1.47. The summed E-state index contributed by atoms with van der Waals surface area (Å²) in [4.78, 5) is 1.17. The van der Waals surface area contributed by atoms with Crippen LogP contribution in [0.2, 0.25) is 5.02 Å². The van der Waals surface area contributed by atoms with Crippen LogP contribution >= 0.6 is 23.4 Å². The predicted octanol–water partition coefficient (Wildman–Crippen LogP) is 3.86. The molecule has 88 valence electrons. The number of aliphatic hydroxyl groups is 1. The van der Waals surface area contributed by atoms with Gasteiger partial charge in [-0.3, -0.25) is 0 Å². The van der Waals surface area contributed by atoms with Crippen LogP contribution in [0.4, 0.5) is 0 Å². The van der Waals surface area contributed by atoms with Crippen molar-refractivity contribution in [1.29, 1.82) is 0 Å². The Morgan fingerprint density at radius 3 is 2.62 bits per heavy atom. The van der Waals surface area contributed by atoms with E-state index in [1.807, 2.05) is 31.7 Å². The van der Waals surface area contributed by atoms with Crippen LogP contribution in [0.1, 0.15) is 32.3 Å². The molecule has 0 aliphatic heterocycles. The summed E-state index contributed by atoms with van der Waals surface area (Å²) in [5.41, 5.74) is 0.882. The Morgan fingerprint density at radius 2 is 2.12 bits per heavy atom. The topological polar surface area (TPSA) is 20.2 Å². The van der Waals surface area contributed by atoms with Crippen molar-refractivity contribution in [2.75, 3.05) is 6.61 Å². The van der Waals surface area contributed by atoms with Gasteiger partial charge in [0.25, 0.3) is 0 Å². The zero-order valence-electron chi connectivity index (χ0n) is 9.66. The first kappa shape index (κ1) is 12.3. The van der Waals surface area contributed by atoms with Gasteiger partial charge in [0.1, 0.15) is 0 Å². The summed E-state index contributed by atoms with van der Waals surface area (Å²) < 4.78 is 0. The molecule has 1 aliphatic carbocycles. The quantitative estimate of drug-likeness (QED) is 0.883. The molecule has 0 unspecified atom stereocenters. The van der Waals surface area contributed by atoms with Crippen LogP contribution in [0.25, 0.3) is 0 Å². The molecule has 1 fully saturated rings. The molecule has 0 radical (unpaired) electrons. The molecule has 0 amide bonds. The standard InChI is InChI=1S/C13H17ClOS/c1-13(2,8-15)9-3-6-12(11(14)7-9)16-10-4-5-10/h3,6-7,10,15H,4-5,8H2,1-2H3. The van der Waals surface area contributed by atoms with Crippen molar-refractivity contribution >= 4 is 23.4 Å². The Morgan fingerprint density at radius 1 is 1.44 bits per heavy atom. The fraction of sp³-hybridized carbons (Fsp3) is 0.538. The van der Waals surface area contributed by atoms with Crippen LogP contribution in [-0.2, 0) is 5.41 Å². The van der Waals surface area contributed by atoms with E-state index in [0.717, 1.165) is 15.8 Å². The third kappa shape index (κ3) is 2.73. The molecule has 1 saturated carbocycles. The van der Waals surface area contributed by atoms with Crippen LogP contribution in [0.3, 0.4) is 0 Å². The van der Waals surface area contributed by atoms with Gasteiger partial charge in [-0.25, -0.2) is 0 Å². The minimum atomic E-state index is -0.216. The van der Waals surface area contributed by atoms with Gasteiger partial charge < -0.3 is 5.11 Å². The second-order valence-electron chi connectivity index (χ2n) is 5.00. The van der Waals surface area contributed by atoms with Crippen molar-refractivity contribution in [1.82, 2.24) is 0 Å². The molecule has 1 aromatic carbocycles. The molecule has 0 aromatic heterocycles. The molecular formula is C13H17ClOS.